The largest absolute Gasteiger partial charge is 0.481 e. The molecule has 0 amide bonds. The van der Waals surface area contributed by atoms with Crippen molar-refractivity contribution in [2.75, 3.05) is 0 Å². The first-order valence-corrected chi connectivity index (χ1v) is 4.94. The van der Waals surface area contributed by atoms with E-state index in [1.165, 1.54) is 0 Å². The molecule has 2 saturated carbocycles. The van der Waals surface area contributed by atoms with Crippen LogP contribution in [-0.4, -0.2) is 22.2 Å². The van der Waals surface area contributed by atoms with Gasteiger partial charge in [-0.05, 0) is 38.0 Å². The van der Waals surface area contributed by atoms with E-state index in [0.29, 0.717) is 0 Å². The molecule has 4 heteroatoms. The van der Waals surface area contributed by atoms with E-state index in [-0.39, 0.29) is 11.8 Å². The van der Waals surface area contributed by atoms with Gasteiger partial charge in [0.05, 0.1) is 11.3 Å². The van der Waals surface area contributed by atoms with Crippen LogP contribution in [-0.2, 0) is 9.59 Å². The molecule has 0 aromatic carbocycles. The van der Waals surface area contributed by atoms with Crippen LogP contribution in [0.3, 0.4) is 0 Å². The van der Waals surface area contributed by atoms with E-state index >= 15 is 0 Å². The van der Waals surface area contributed by atoms with Crippen molar-refractivity contribution in [1.29, 1.82) is 0 Å². The number of aliphatic carboxylic acids is 2. The van der Waals surface area contributed by atoms with Crippen molar-refractivity contribution in [3.63, 3.8) is 0 Å². The molecule has 0 spiro atoms. The highest BCUT2D eigenvalue weighted by molar-refractivity contribution is 5.84. The zero-order chi connectivity index (χ0) is 10.5. The summed E-state index contributed by atoms with van der Waals surface area (Å²) in [6.45, 7) is 1.60. The highest BCUT2D eigenvalue weighted by Crippen LogP contribution is 2.59. The van der Waals surface area contributed by atoms with Crippen LogP contribution in [0.15, 0.2) is 0 Å². The minimum Gasteiger partial charge on any atom is -0.481 e. The van der Waals surface area contributed by atoms with Crippen LogP contribution in [0.4, 0.5) is 0 Å². The number of rotatable bonds is 2. The Balaban J connectivity index is 2.39. The third-order valence-corrected chi connectivity index (χ3v) is 4.17. The second kappa shape index (κ2) is 2.72. The van der Waals surface area contributed by atoms with Crippen molar-refractivity contribution in [3.8, 4) is 0 Å². The molecular weight excluding hydrogens is 184 g/mol. The Morgan fingerprint density at radius 2 is 1.93 bits per heavy atom. The Hall–Kier alpha value is -1.06. The number of fused-ring (bicyclic) bond motifs is 2. The van der Waals surface area contributed by atoms with Crippen LogP contribution < -0.4 is 0 Å². The predicted octanol–water partition coefficient (Wildman–Crippen LogP) is 1.21. The van der Waals surface area contributed by atoms with E-state index in [2.05, 4.69) is 0 Å². The molecule has 0 radical (unpaired) electrons. The Morgan fingerprint density at radius 3 is 2.36 bits per heavy atom. The molecule has 14 heavy (non-hydrogen) atoms. The number of hydrogen-bond acceptors (Lipinski definition) is 2. The molecule has 2 aliphatic rings. The van der Waals surface area contributed by atoms with Gasteiger partial charge in [0, 0.05) is 0 Å². The van der Waals surface area contributed by atoms with Crippen LogP contribution >= 0.6 is 0 Å². The van der Waals surface area contributed by atoms with Gasteiger partial charge in [-0.3, -0.25) is 9.59 Å². The standard InChI is InChI=1S/C10H14O4/c1-10(9(13)14)6-3-2-5(4-6)7(10)8(11)12/h5-7H,2-4H2,1H3,(H,11,12)(H,13,14)/t5-,6+,7-,10+/m1/s1. The lowest BCUT2D eigenvalue weighted by Gasteiger charge is -2.34. The van der Waals surface area contributed by atoms with Gasteiger partial charge in [-0.2, -0.15) is 0 Å². The summed E-state index contributed by atoms with van der Waals surface area (Å²) in [5, 5.41) is 18.2. The first-order chi connectivity index (χ1) is 6.48. The molecule has 78 valence electrons. The zero-order valence-corrected chi connectivity index (χ0v) is 8.06. The van der Waals surface area contributed by atoms with Crippen LogP contribution in [0, 0.1) is 23.2 Å². The number of hydrogen-bond donors (Lipinski definition) is 2. The summed E-state index contributed by atoms with van der Waals surface area (Å²) in [5.41, 5.74) is -1.03. The van der Waals surface area contributed by atoms with Crippen molar-refractivity contribution in [1.82, 2.24) is 0 Å². The summed E-state index contributed by atoms with van der Waals surface area (Å²) >= 11 is 0. The lowest BCUT2D eigenvalue weighted by atomic mass is 9.67. The number of carbonyl (C=O) groups is 2. The lowest BCUT2D eigenvalue weighted by Crippen LogP contribution is -2.44. The van der Waals surface area contributed by atoms with E-state index in [4.69, 9.17) is 10.2 Å². The van der Waals surface area contributed by atoms with E-state index < -0.39 is 23.3 Å². The number of carboxylic acids is 2. The summed E-state index contributed by atoms with van der Waals surface area (Å²) in [6.07, 6.45) is 2.53. The van der Waals surface area contributed by atoms with Crippen LogP contribution in [0.5, 0.6) is 0 Å². The van der Waals surface area contributed by atoms with Gasteiger partial charge in [0.15, 0.2) is 0 Å². The van der Waals surface area contributed by atoms with Gasteiger partial charge in [-0.1, -0.05) is 0 Å². The van der Waals surface area contributed by atoms with Gasteiger partial charge in [-0.15, -0.1) is 0 Å². The average molecular weight is 198 g/mol. The maximum Gasteiger partial charge on any atom is 0.310 e. The molecule has 2 aliphatic carbocycles. The average Bonchev–Trinajstić information content (AvgIpc) is 2.61. The fraction of sp³-hybridized carbons (Fsp3) is 0.800. The monoisotopic (exact) mass is 198 g/mol. The Bertz CT molecular complexity index is 298. The Morgan fingerprint density at radius 1 is 1.29 bits per heavy atom. The zero-order valence-electron chi connectivity index (χ0n) is 8.06. The molecule has 0 aliphatic heterocycles. The van der Waals surface area contributed by atoms with E-state index in [1.54, 1.807) is 6.92 Å². The van der Waals surface area contributed by atoms with Gasteiger partial charge in [-0.25, -0.2) is 0 Å². The Labute approximate surface area is 81.9 Å². The molecule has 2 fully saturated rings. The molecule has 0 unspecified atom stereocenters. The molecule has 4 nitrogen and oxygen atoms in total. The summed E-state index contributed by atoms with van der Waals surface area (Å²) in [4.78, 5) is 22.2. The van der Waals surface area contributed by atoms with Crippen LogP contribution in [0.25, 0.3) is 0 Å². The quantitative estimate of drug-likeness (QED) is 0.699. The third kappa shape index (κ3) is 0.938. The predicted molar refractivity (Wildman–Crippen MR) is 47.7 cm³/mol. The SMILES string of the molecule is C[C@]1(C(=O)O)[C@H]2CC[C@H](C2)[C@@H]1C(=O)O. The molecule has 0 heterocycles. The summed E-state index contributed by atoms with van der Waals surface area (Å²) in [5.74, 6) is -2.43. The van der Waals surface area contributed by atoms with Crippen molar-refractivity contribution in [2.45, 2.75) is 26.2 Å². The molecule has 2 bridgehead atoms. The van der Waals surface area contributed by atoms with E-state index in [1.807, 2.05) is 0 Å². The normalized spacial score (nSPS) is 45.4. The van der Waals surface area contributed by atoms with Gasteiger partial charge >= 0.3 is 11.9 Å². The van der Waals surface area contributed by atoms with Crippen molar-refractivity contribution < 1.29 is 19.8 Å². The first-order valence-electron chi connectivity index (χ1n) is 4.94. The maximum absolute atomic E-state index is 11.2. The Kier molecular flexibility index (Phi) is 1.84. The first kappa shape index (κ1) is 9.49. The van der Waals surface area contributed by atoms with Gasteiger partial charge in [0.1, 0.15) is 0 Å². The van der Waals surface area contributed by atoms with E-state index in [9.17, 15) is 9.59 Å². The number of carboxylic acid groups (broad SMARTS) is 2. The summed E-state index contributed by atoms with van der Waals surface area (Å²) < 4.78 is 0. The molecule has 2 N–H and O–H groups in total. The molecule has 0 aromatic heterocycles. The summed E-state index contributed by atoms with van der Waals surface area (Å²) in [6, 6.07) is 0. The lowest BCUT2D eigenvalue weighted by molar-refractivity contribution is -0.165. The third-order valence-electron chi connectivity index (χ3n) is 4.17. The molecular formula is C10H14O4. The molecule has 0 saturated heterocycles. The van der Waals surface area contributed by atoms with Crippen molar-refractivity contribution in [2.24, 2.45) is 23.2 Å². The highest BCUT2D eigenvalue weighted by atomic mass is 16.4. The maximum atomic E-state index is 11.2. The fourth-order valence-corrected chi connectivity index (χ4v) is 3.37. The van der Waals surface area contributed by atoms with Crippen LogP contribution in [0.1, 0.15) is 26.2 Å². The fourth-order valence-electron chi connectivity index (χ4n) is 3.37. The minimum absolute atomic E-state index is 0.0612. The summed E-state index contributed by atoms with van der Waals surface area (Å²) in [7, 11) is 0. The van der Waals surface area contributed by atoms with Crippen LogP contribution in [0.2, 0.25) is 0 Å². The van der Waals surface area contributed by atoms with Crippen molar-refractivity contribution in [3.05, 3.63) is 0 Å². The molecule has 4 atom stereocenters. The van der Waals surface area contributed by atoms with Crippen molar-refractivity contribution >= 4 is 11.9 Å². The van der Waals surface area contributed by atoms with Gasteiger partial charge in [0.25, 0.3) is 0 Å². The minimum atomic E-state index is -1.03. The van der Waals surface area contributed by atoms with Gasteiger partial charge < -0.3 is 10.2 Å². The molecule has 0 aromatic rings. The molecule has 2 rings (SSSR count). The smallest absolute Gasteiger partial charge is 0.310 e. The second-order valence-corrected chi connectivity index (χ2v) is 4.67. The van der Waals surface area contributed by atoms with E-state index in [0.717, 1.165) is 19.3 Å². The highest BCUT2D eigenvalue weighted by Gasteiger charge is 2.62. The topological polar surface area (TPSA) is 74.6 Å². The second-order valence-electron chi connectivity index (χ2n) is 4.67. The van der Waals surface area contributed by atoms with Gasteiger partial charge in [0.2, 0.25) is 0 Å².